The highest BCUT2D eigenvalue weighted by Crippen LogP contribution is 2.07. The molecule has 6 heteroatoms. The maximum absolute atomic E-state index is 11.9. The molecule has 98 valence electrons. The van der Waals surface area contributed by atoms with E-state index in [0.717, 1.165) is 0 Å². The monoisotopic (exact) mass is 244 g/mol. The van der Waals surface area contributed by atoms with Crippen LogP contribution in [0.2, 0.25) is 0 Å². The van der Waals surface area contributed by atoms with Crippen molar-refractivity contribution in [2.45, 2.75) is 32.9 Å². The molecule has 1 aliphatic rings. The fourth-order valence-electron chi connectivity index (χ4n) is 1.74. The summed E-state index contributed by atoms with van der Waals surface area (Å²) in [5, 5.41) is 11.5. The first-order valence-corrected chi connectivity index (χ1v) is 5.81. The lowest BCUT2D eigenvalue weighted by atomic mass is 10.1. The van der Waals surface area contributed by atoms with E-state index in [4.69, 9.17) is 9.84 Å². The third kappa shape index (κ3) is 3.89. The summed E-state index contributed by atoms with van der Waals surface area (Å²) in [6.45, 7) is 6.91. The minimum atomic E-state index is -1.00. The number of ether oxygens (including phenoxy) is 1. The van der Waals surface area contributed by atoms with Crippen molar-refractivity contribution in [3.05, 3.63) is 0 Å². The van der Waals surface area contributed by atoms with Crippen molar-refractivity contribution >= 4 is 12.0 Å². The quantitative estimate of drug-likeness (QED) is 0.759. The average Bonchev–Trinajstić information content (AvgIpc) is 2.24. The van der Waals surface area contributed by atoms with Gasteiger partial charge in [-0.25, -0.2) is 9.59 Å². The van der Waals surface area contributed by atoms with E-state index in [9.17, 15) is 9.59 Å². The number of carbonyl (C=O) groups is 2. The average molecular weight is 244 g/mol. The first-order chi connectivity index (χ1) is 7.91. The number of amides is 2. The molecular weight excluding hydrogens is 224 g/mol. The Morgan fingerprint density at radius 3 is 2.59 bits per heavy atom. The van der Waals surface area contributed by atoms with Crippen molar-refractivity contribution in [2.24, 2.45) is 5.92 Å². The molecule has 0 aliphatic carbocycles. The van der Waals surface area contributed by atoms with E-state index in [1.165, 1.54) is 0 Å². The molecule has 1 aliphatic heterocycles. The summed E-state index contributed by atoms with van der Waals surface area (Å²) < 4.78 is 5.32. The number of carboxylic acids is 1. The van der Waals surface area contributed by atoms with Gasteiger partial charge < -0.3 is 20.1 Å². The number of rotatable bonds is 3. The number of hydrogen-bond donors (Lipinski definition) is 2. The van der Waals surface area contributed by atoms with Crippen molar-refractivity contribution < 1.29 is 19.4 Å². The highest BCUT2D eigenvalue weighted by molar-refractivity contribution is 5.82. The molecule has 2 N–H and O–H groups in total. The number of nitrogens with zero attached hydrogens (tertiary/aromatic N) is 1. The number of morpholine rings is 1. The lowest BCUT2D eigenvalue weighted by Gasteiger charge is -2.32. The third-order valence-electron chi connectivity index (χ3n) is 2.74. The molecule has 0 aromatic rings. The van der Waals surface area contributed by atoms with Crippen LogP contribution in [0, 0.1) is 5.92 Å². The number of carboxylic acid groups (broad SMARTS) is 1. The van der Waals surface area contributed by atoms with Crippen LogP contribution in [0.5, 0.6) is 0 Å². The summed E-state index contributed by atoms with van der Waals surface area (Å²) in [4.78, 5) is 24.4. The molecule has 0 aromatic carbocycles. The van der Waals surface area contributed by atoms with Gasteiger partial charge in [0.1, 0.15) is 6.04 Å². The zero-order chi connectivity index (χ0) is 13.0. The number of aliphatic carboxylic acids is 1. The van der Waals surface area contributed by atoms with Crippen LogP contribution in [0.15, 0.2) is 0 Å². The van der Waals surface area contributed by atoms with Crippen LogP contribution < -0.4 is 5.32 Å². The number of hydrogen-bond acceptors (Lipinski definition) is 3. The molecule has 1 fully saturated rings. The van der Waals surface area contributed by atoms with E-state index in [-0.39, 0.29) is 18.1 Å². The van der Waals surface area contributed by atoms with Crippen molar-refractivity contribution in [1.82, 2.24) is 10.2 Å². The van der Waals surface area contributed by atoms with Gasteiger partial charge in [-0.05, 0) is 12.8 Å². The fraction of sp³-hybridized carbons (Fsp3) is 0.818. The molecule has 1 unspecified atom stereocenters. The second-order valence-electron chi connectivity index (χ2n) is 4.64. The topological polar surface area (TPSA) is 78.9 Å². The number of nitrogens with one attached hydrogen (secondary N) is 1. The SMILES string of the molecule is CC1CN(C(=O)N[C@@H](C(=O)O)C(C)C)CCO1. The molecule has 0 aromatic heterocycles. The number of carbonyl (C=O) groups excluding carboxylic acids is 1. The number of urea groups is 1. The molecule has 2 amide bonds. The van der Waals surface area contributed by atoms with E-state index in [1.54, 1.807) is 18.7 Å². The summed E-state index contributed by atoms with van der Waals surface area (Å²) in [6, 6.07) is -1.18. The lowest BCUT2D eigenvalue weighted by molar-refractivity contribution is -0.140. The van der Waals surface area contributed by atoms with E-state index in [0.29, 0.717) is 19.7 Å². The first kappa shape index (κ1) is 13.8. The Bertz CT molecular complexity index is 293. The fourth-order valence-corrected chi connectivity index (χ4v) is 1.74. The molecule has 2 atom stereocenters. The smallest absolute Gasteiger partial charge is 0.326 e. The van der Waals surface area contributed by atoms with Gasteiger partial charge in [0.15, 0.2) is 0 Å². The molecular formula is C11H20N2O4. The Hall–Kier alpha value is -1.30. The first-order valence-electron chi connectivity index (χ1n) is 5.81. The molecule has 0 spiro atoms. The van der Waals surface area contributed by atoms with Crippen LogP contribution in [0.3, 0.4) is 0 Å². The molecule has 6 nitrogen and oxygen atoms in total. The van der Waals surface area contributed by atoms with E-state index in [1.807, 2.05) is 6.92 Å². The van der Waals surface area contributed by atoms with Gasteiger partial charge in [0.2, 0.25) is 0 Å². The molecule has 1 rings (SSSR count). The van der Waals surface area contributed by atoms with Gasteiger partial charge in [-0.15, -0.1) is 0 Å². The summed E-state index contributed by atoms with van der Waals surface area (Å²) in [7, 11) is 0. The van der Waals surface area contributed by atoms with Crippen LogP contribution >= 0.6 is 0 Å². The predicted octanol–water partition coefficient (Wildman–Crippen LogP) is 0.526. The minimum absolute atomic E-state index is 0.00294. The predicted molar refractivity (Wildman–Crippen MR) is 61.8 cm³/mol. The second kappa shape index (κ2) is 5.86. The van der Waals surface area contributed by atoms with Gasteiger partial charge in [0.25, 0.3) is 0 Å². The minimum Gasteiger partial charge on any atom is -0.480 e. The van der Waals surface area contributed by atoms with E-state index < -0.39 is 12.0 Å². The Balaban J connectivity index is 2.54. The maximum atomic E-state index is 11.9. The van der Waals surface area contributed by atoms with E-state index in [2.05, 4.69) is 5.32 Å². The van der Waals surface area contributed by atoms with Gasteiger partial charge in [0, 0.05) is 13.1 Å². The van der Waals surface area contributed by atoms with Crippen LogP contribution in [0.1, 0.15) is 20.8 Å². The molecule has 0 bridgehead atoms. The standard InChI is InChI=1S/C11H20N2O4/c1-7(2)9(10(14)15)12-11(16)13-4-5-17-8(3)6-13/h7-9H,4-6H2,1-3H3,(H,12,16)(H,14,15)/t8?,9-/m1/s1. The Morgan fingerprint density at radius 1 is 1.47 bits per heavy atom. The summed E-state index contributed by atoms with van der Waals surface area (Å²) in [5.74, 6) is -1.15. The zero-order valence-electron chi connectivity index (χ0n) is 10.5. The lowest BCUT2D eigenvalue weighted by Crippen LogP contribution is -2.54. The van der Waals surface area contributed by atoms with Crippen molar-refractivity contribution in [3.63, 3.8) is 0 Å². The van der Waals surface area contributed by atoms with Gasteiger partial charge in [-0.2, -0.15) is 0 Å². The van der Waals surface area contributed by atoms with Crippen LogP contribution in [0.25, 0.3) is 0 Å². The maximum Gasteiger partial charge on any atom is 0.326 e. The normalized spacial score (nSPS) is 22.4. The Labute approximate surface area is 101 Å². The van der Waals surface area contributed by atoms with Crippen molar-refractivity contribution in [2.75, 3.05) is 19.7 Å². The van der Waals surface area contributed by atoms with E-state index >= 15 is 0 Å². The molecule has 17 heavy (non-hydrogen) atoms. The molecule has 0 radical (unpaired) electrons. The summed E-state index contributed by atoms with van der Waals surface area (Å²) >= 11 is 0. The summed E-state index contributed by atoms with van der Waals surface area (Å²) in [6.07, 6.45) is -0.00294. The zero-order valence-corrected chi connectivity index (χ0v) is 10.5. The van der Waals surface area contributed by atoms with Gasteiger partial charge >= 0.3 is 12.0 Å². The third-order valence-corrected chi connectivity index (χ3v) is 2.74. The van der Waals surface area contributed by atoms with Crippen molar-refractivity contribution in [1.29, 1.82) is 0 Å². The Morgan fingerprint density at radius 2 is 2.12 bits per heavy atom. The molecule has 1 saturated heterocycles. The van der Waals surface area contributed by atoms with Gasteiger partial charge in [-0.1, -0.05) is 13.8 Å². The Kier molecular flexibility index (Phi) is 4.74. The molecule has 1 heterocycles. The van der Waals surface area contributed by atoms with Gasteiger partial charge in [-0.3, -0.25) is 0 Å². The largest absolute Gasteiger partial charge is 0.480 e. The van der Waals surface area contributed by atoms with Crippen LogP contribution in [-0.4, -0.2) is 53.8 Å². The van der Waals surface area contributed by atoms with Crippen LogP contribution in [0.4, 0.5) is 4.79 Å². The van der Waals surface area contributed by atoms with Crippen molar-refractivity contribution in [3.8, 4) is 0 Å². The highest BCUT2D eigenvalue weighted by Gasteiger charge is 2.27. The van der Waals surface area contributed by atoms with Crippen LogP contribution in [-0.2, 0) is 9.53 Å². The molecule has 0 saturated carbocycles. The summed E-state index contributed by atoms with van der Waals surface area (Å²) in [5.41, 5.74) is 0. The second-order valence-corrected chi connectivity index (χ2v) is 4.64. The van der Waals surface area contributed by atoms with Gasteiger partial charge in [0.05, 0.1) is 12.7 Å². The highest BCUT2D eigenvalue weighted by atomic mass is 16.5.